The van der Waals surface area contributed by atoms with Crippen LogP contribution in [0.15, 0.2) is 18.2 Å². The van der Waals surface area contributed by atoms with Crippen LogP contribution in [0.3, 0.4) is 0 Å². The molecule has 1 heterocycles. The second-order valence-electron chi connectivity index (χ2n) is 4.16. The maximum atomic E-state index is 13.1. The zero-order valence-electron chi connectivity index (χ0n) is 9.20. The van der Waals surface area contributed by atoms with Gasteiger partial charge in [-0.25, -0.2) is 13.6 Å². The molecular weight excluding hydrogens is 228 g/mol. The number of rotatable bonds is 1. The van der Waals surface area contributed by atoms with Crippen LogP contribution in [0.25, 0.3) is 0 Å². The van der Waals surface area contributed by atoms with Crippen molar-refractivity contribution in [2.24, 2.45) is 0 Å². The van der Waals surface area contributed by atoms with Gasteiger partial charge in [0.1, 0.15) is 0 Å². The average Bonchev–Trinajstić information content (AvgIpc) is 2.32. The molecule has 5 heteroatoms. The lowest BCUT2D eigenvalue weighted by molar-refractivity contribution is 0.106. The van der Waals surface area contributed by atoms with Crippen molar-refractivity contribution in [1.82, 2.24) is 4.90 Å². The van der Waals surface area contributed by atoms with Gasteiger partial charge in [-0.3, -0.25) is 0 Å². The summed E-state index contributed by atoms with van der Waals surface area (Å²) in [4.78, 5) is 12.3. The van der Waals surface area contributed by atoms with Crippen molar-refractivity contribution in [3.05, 3.63) is 35.4 Å². The topological polar surface area (TPSA) is 40.5 Å². The largest absolute Gasteiger partial charge is 0.465 e. The Morgan fingerprint density at radius 1 is 1.29 bits per heavy atom. The first-order valence-electron chi connectivity index (χ1n) is 5.54. The van der Waals surface area contributed by atoms with Crippen LogP contribution in [-0.4, -0.2) is 22.6 Å². The summed E-state index contributed by atoms with van der Waals surface area (Å²) in [6.07, 6.45) is 1.34. The summed E-state index contributed by atoms with van der Waals surface area (Å²) >= 11 is 0. The molecule has 17 heavy (non-hydrogen) atoms. The van der Waals surface area contributed by atoms with E-state index in [1.54, 1.807) is 0 Å². The Morgan fingerprint density at radius 2 is 2.06 bits per heavy atom. The van der Waals surface area contributed by atoms with E-state index in [-0.39, 0.29) is 6.04 Å². The number of amides is 1. The zero-order chi connectivity index (χ0) is 12.4. The average molecular weight is 241 g/mol. The van der Waals surface area contributed by atoms with Crippen LogP contribution in [0.1, 0.15) is 30.9 Å². The van der Waals surface area contributed by atoms with Crippen LogP contribution in [0.4, 0.5) is 13.6 Å². The van der Waals surface area contributed by atoms with Gasteiger partial charge in [-0.1, -0.05) is 6.07 Å². The third-order valence-electron chi connectivity index (χ3n) is 3.08. The summed E-state index contributed by atoms with van der Waals surface area (Å²) in [5.74, 6) is -1.84. The van der Waals surface area contributed by atoms with Gasteiger partial charge in [0, 0.05) is 6.54 Å². The van der Waals surface area contributed by atoms with Crippen LogP contribution >= 0.6 is 0 Å². The predicted molar refractivity (Wildman–Crippen MR) is 57.7 cm³/mol. The lowest BCUT2D eigenvalue weighted by Gasteiger charge is -2.33. The summed E-state index contributed by atoms with van der Waals surface area (Å²) in [5.41, 5.74) is 0.519. The van der Waals surface area contributed by atoms with E-state index in [0.29, 0.717) is 18.5 Å². The van der Waals surface area contributed by atoms with Crippen molar-refractivity contribution >= 4 is 6.09 Å². The van der Waals surface area contributed by atoms with Gasteiger partial charge < -0.3 is 10.0 Å². The van der Waals surface area contributed by atoms with Gasteiger partial charge in [-0.2, -0.15) is 0 Å². The molecular formula is C12H13F2NO2. The molecule has 0 spiro atoms. The fraction of sp³-hybridized carbons (Fsp3) is 0.417. The first-order valence-corrected chi connectivity index (χ1v) is 5.54. The second kappa shape index (κ2) is 4.69. The second-order valence-corrected chi connectivity index (χ2v) is 4.16. The molecule has 1 N–H and O–H groups in total. The van der Waals surface area contributed by atoms with Crippen molar-refractivity contribution in [3.63, 3.8) is 0 Å². The third-order valence-corrected chi connectivity index (χ3v) is 3.08. The van der Waals surface area contributed by atoms with Crippen molar-refractivity contribution in [2.75, 3.05) is 6.54 Å². The minimum Gasteiger partial charge on any atom is -0.465 e. The number of carboxylic acid groups (broad SMARTS) is 1. The van der Waals surface area contributed by atoms with Gasteiger partial charge in [0.25, 0.3) is 0 Å². The van der Waals surface area contributed by atoms with Gasteiger partial charge >= 0.3 is 6.09 Å². The standard InChI is InChI=1S/C12H13F2NO2/c13-9-5-4-8(7-10(9)14)11-3-1-2-6-15(11)12(16)17/h4-5,7,11H,1-3,6H2,(H,16,17). The SMILES string of the molecule is O=C(O)N1CCCCC1c1ccc(F)c(F)c1. The summed E-state index contributed by atoms with van der Waals surface area (Å²) < 4.78 is 25.9. The van der Waals surface area contributed by atoms with E-state index in [2.05, 4.69) is 0 Å². The molecule has 1 aromatic carbocycles. The summed E-state index contributed by atoms with van der Waals surface area (Å²) in [6, 6.07) is 3.21. The lowest BCUT2D eigenvalue weighted by atomic mass is 9.95. The fourth-order valence-electron chi connectivity index (χ4n) is 2.23. The van der Waals surface area contributed by atoms with E-state index in [0.717, 1.165) is 25.0 Å². The normalized spacial score (nSPS) is 20.4. The van der Waals surface area contributed by atoms with Crippen molar-refractivity contribution in [3.8, 4) is 0 Å². The van der Waals surface area contributed by atoms with E-state index in [9.17, 15) is 13.6 Å². The Bertz CT molecular complexity index is 437. The number of benzene rings is 1. The number of hydrogen-bond donors (Lipinski definition) is 1. The molecule has 1 unspecified atom stereocenters. The van der Waals surface area contributed by atoms with Gasteiger partial charge in [-0.05, 0) is 37.0 Å². The molecule has 1 aromatic rings. The summed E-state index contributed by atoms with van der Waals surface area (Å²) in [7, 11) is 0. The number of hydrogen-bond acceptors (Lipinski definition) is 1. The summed E-state index contributed by atoms with van der Waals surface area (Å²) in [5, 5.41) is 9.05. The molecule has 1 amide bonds. The minimum atomic E-state index is -1.01. The molecule has 1 atom stereocenters. The van der Waals surface area contributed by atoms with E-state index in [1.165, 1.54) is 11.0 Å². The van der Waals surface area contributed by atoms with Crippen molar-refractivity contribution in [1.29, 1.82) is 0 Å². The highest BCUT2D eigenvalue weighted by molar-refractivity contribution is 5.66. The fourth-order valence-corrected chi connectivity index (χ4v) is 2.23. The molecule has 1 saturated heterocycles. The van der Waals surface area contributed by atoms with Gasteiger partial charge in [-0.15, -0.1) is 0 Å². The lowest BCUT2D eigenvalue weighted by Crippen LogP contribution is -2.37. The Labute approximate surface area is 97.7 Å². The van der Waals surface area contributed by atoms with E-state index >= 15 is 0 Å². The smallest absolute Gasteiger partial charge is 0.407 e. The Morgan fingerprint density at radius 3 is 2.71 bits per heavy atom. The Balaban J connectivity index is 2.29. The number of carbonyl (C=O) groups is 1. The van der Waals surface area contributed by atoms with Crippen LogP contribution in [0.2, 0.25) is 0 Å². The monoisotopic (exact) mass is 241 g/mol. The van der Waals surface area contributed by atoms with Crippen molar-refractivity contribution in [2.45, 2.75) is 25.3 Å². The third kappa shape index (κ3) is 2.38. The highest BCUT2D eigenvalue weighted by Crippen LogP contribution is 2.31. The number of likely N-dealkylation sites (tertiary alicyclic amines) is 1. The predicted octanol–water partition coefficient (Wildman–Crippen LogP) is 3.17. The van der Waals surface area contributed by atoms with Gasteiger partial charge in [0.2, 0.25) is 0 Å². The Kier molecular flexibility index (Phi) is 3.26. The highest BCUT2D eigenvalue weighted by atomic mass is 19.2. The van der Waals surface area contributed by atoms with Crippen molar-refractivity contribution < 1.29 is 18.7 Å². The van der Waals surface area contributed by atoms with Gasteiger partial charge in [0.15, 0.2) is 11.6 Å². The first-order chi connectivity index (χ1) is 8.09. The zero-order valence-corrected chi connectivity index (χ0v) is 9.20. The molecule has 1 fully saturated rings. The minimum absolute atomic E-state index is 0.364. The van der Waals surface area contributed by atoms with Crippen LogP contribution in [0.5, 0.6) is 0 Å². The van der Waals surface area contributed by atoms with Gasteiger partial charge in [0.05, 0.1) is 6.04 Å². The highest BCUT2D eigenvalue weighted by Gasteiger charge is 2.28. The quantitative estimate of drug-likeness (QED) is 0.820. The van der Waals surface area contributed by atoms with Crippen LogP contribution < -0.4 is 0 Å². The molecule has 2 rings (SSSR count). The number of piperidine rings is 1. The molecule has 0 aliphatic carbocycles. The maximum Gasteiger partial charge on any atom is 0.407 e. The molecule has 1 aliphatic heterocycles. The van der Waals surface area contributed by atoms with E-state index in [1.807, 2.05) is 0 Å². The maximum absolute atomic E-state index is 13.1. The van der Waals surface area contributed by atoms with Crippen LogP contribution in [0, 0.1) is 11.6 Å². The number of nitrogens with zero attached hydrogens (tertiary/aromatic N) is 1. The molecule has 0 radical (unpaired) electrons. The molecule has 0 bridgehead atoms. The molecule has 0 saturated carbocycles. The molecule has 0 aromatic heterocycles. The molecule has 3 nitrogen and oxygen atoms in total. The molecule has 92 valence electrons. The number of halogens is 2. The van der Waals surface area contributed by atoms with Crippen LogP contribution in [-0.2, 0) is 0 Å². The first kappa shape index (κ1) is 11.8. The summed E-state index contributed by atoms with van der Waals surface area (Å²) in [6.45, 7) is 0.443. The Hall–Kier alpha value is -1.65. The molecule has 1 aliphatic rings. The van der Waals surface area contributed by atoms with E-state index in [4.69, 9.17) is 5.11 Å². The van der Waals surface area contributed by atoms with E-state index < -0.39 is 17.7 Å².